The predicted molar refractivity (Wildman–Crippen MR) is 150 cm³/mol. The Kier molecular flexibility index (Phi) is 8.31. The number of hydrogen-bond acceptors (Lipinski definition) is 7. The highest BCUT2D eigenvalue weighted by molar-refractivity contribution is 7.18. The van der Waals surface area contributed by atoms with Crippen LogP contribution in [0.15, 0.2) is 47.4 Å². The third kappa shape index (κ3) is 6.98. The summed E-state index contributed by atoms with van der Waals surface area (Å²) in [5, 5.41) is 5.56. The van der Waals surface area contributed by atoms with Gasteiger partial charge in [0.05, 0.1) is 22.3 Å². The predicted octanol–water partition coefficient (Wildman–Crippen LogP) is 4.11. The zero-order valence-electron chi connectivity index (χ0n) is 21.9. The standard InChI is InChI=1S/C27H29ClN4O6S/c1-15-11-16(32-13-17(38-26(32)36)12-30-24(34)20-7-8-21(28)39-20)5-6-18(15)19-9-10-29-25(35)23(19)37-14-22(33)31-27(2,3)4/h5-11,17H,12-14H2,1-4H3,(H,29,35)(H,30,34)(H,31,33)/t17-/m0/s1. The number of carbonyl (C=O) groups is 3. The van der Waals surface area contributed by atoms with Gasteiger partial charge in [0.15, 0.2) is 12.4 Å². The summed E-state index contributed by atoms with van der Waals surface area (Å²) in [6.07, 6.45) is 0.461. The van der Waals surface area contributed by atoms with E-state index in [0.29, 0.717) is 26.0 Å². The van der Waals surface area contributed by atoms with E-state index in [1.54, 1.807) is 30.3 Å². The van der Waals surface area contributed by atoms with Crippen molar-refractivity contribution >= 4 is 46.5 Å². The molecule has 1 saturated heterocycles. The van der Waals surface area contributed by atoms with Gasteiger partial charge in [0.1, 0.15) is 6.10 Å². The summed E-state index contributed by atoms with van der Waals surface area (Å²) >= 11 is 7.06. The number of carbonyl (C=O) groups excluding carboxylic acids is 3. The summed E-state index contributed by atoms with van der Waals surface area (Å²) in [5.41, 5.74) is 1.72. The molecule has 10 nitrogen and oxygen atoms in total. The molecular weight excluding hydrogens is 544 g/mol. The molecule has 1 fully saturated rings. The van der Waals surface area contributed by atoms with Crippen molar-refractivity contribution in [2.45, 2.75) is 39.3 Å². The van der Waals surface area contributed by atoms with Crippen molar-refractivity contribution in [3.63, 3.8) is 0 Å². The number of ether oxygens (including phenoxy) is 2. The van der Waals surface area contributed by atoms with E-state index in [9.17, 15) is 19.2 Å². The van der Waals surface area contributed by atoms with Crippen LogP contribution in [0.1, 0.15) is 36.0 Å². The number of nitrogens with zero attached hydrogens (tertiary/aromatic N) is 1. The molecule has 2 aromatic heterocycles. The van der Waals surface area contributed by atoms with Crippen LogP contribution in [-0.4, -0.2) is 54.2 Å². The molecule has 1 aliphatic heterocycles. The Morgan fingerprint density at radius 2 is 1.95 bits per heavy atom. The van der Waals surface area contributed by atoms with Gasteiger partial charge in [0.25, 0.3) is 17.4 Å². The first-order valence-electron chi connectivity index (χ1n) is 12.2. The quantitative estimate of drug-likeness (QED) is 0.372. The number of aryl methyl sites for hydroxylation is 1. The average Bonchev–Trinajstić information content (AvgIpc) is 3.46. The number of benzene rings is 1. The van der Waals surface area contributed by atoms with Crippen LogP contribution in [0.25, 0.3) is 11.1 Å². The Labute approximate surface area is 234 Å². The number of rotatable bonds is 8. The normalized spacial score (nSPS) is 15.2. The van der Waals surface area contributed by atoms with Crippen molar-refractivity contribution in [3.8, 4) is 16.9 Å². The Morgan fingerprint density at radius 3 is 2.62 bits per heavy atom. The first kappa shape index (κ1) is 28.2. The van der Waals surface area contributed by atoms with Gasteiger partial charge in [0, 0.05) is 23.0 Å². The molecule has 1 aliphatic rings. The van der Waals surface area contributed by atoms with E-state index in [-0.39, 0.29) is 37.3 Å². The molecule has 3 heterocycles. The van der Waals surface area contributed by atoms with Crippen LogP contribution in [0.2, 0.25) is 4.34 Å². The lowest BCUT2D eigenvalue weighted by atomic mass is 10.00. The number of halogens is 1. The maximum atomic E-state index is 12.6. The van der Waals surface area contributed by atoms with Gasteiger partial charge in [-0.2, -0.15) is 0 Å². The Bertz CT molecular complexity index is 1460. The van der Waals surface area contributed by atoms with Gasteiger partial charge in [-0.25, -0.2) is 4.79 Å². The number of thiophene rings is 1. The van der Waals surface area contributed by atoms with Gasteiger partial charge in [-0.3, -0.25) is 19.3 Å². The second-order valence-electron chi connectivity index (χ2n) is 10.1. The molecule has 206 valence electrons. The molecule has 4 rings (SSSR count). The molecule has 0 bridgehead atoms. The minimum Gasteiger partial charge on any atom is -0.477 e. The lowest BCUT2D eigenvalue weighted by Crippen LogP contribution is -2.43. The van der Waals surface area contributed by atoms with E-state index < -0.39 is 23.3 Å². The van der Waals surface area contributed by atoms with Crippen LogP contribution in [0.5, 0.6) is 5.75 Å². The summed E-state index contributed by atoms with van der Waals surface area (Å²) in [7, 11) is 0. The lowest BCUT2D eigenvalue weighted by molar-refractivity contribution is -0.124. The molecule has 0 saturated carbocycles. The molecule has 3 amide bonds. The van der Waals surface area contributed by atoms with Crippen LogP contribution >= 0.6 is 22.9 Å². The third-order valence-electron chi connectivity index (χ3n) is 5.75. The van der Waals surface area contributed by atoms with Crippen molar-refractivity contribution in [1.29, 1.82) is 0 Å². The van der Waals surface area contributed by atoms with Gasteiger partial charge in [0.2, 0.25) is 0 Å². The smallest absolute Gasteiger partial charge is 0.414 e. The SMILES string of the molecule is Cc1cc(N2C[C@H](CNC(=O)c3ccc(Cl)s3)OC2=O)ccc1-c1cc[nH]c(=O)c1OCC(=O)NC(C)(C)C. The number of amides is 3. The fourth-order valence-corrected chi connectivity index (χ4v) is 5.06. The first-order chi connectivity index (χ1) is 18.4. The monoisotopic (exact) mass is 572 g/mol. The zero-order chi connectivity index (χ0) is 28.3. The molecule has 0 aliphatic carbocycles. The van der Waals surface area contributed by atoms with Gasteiger partial charge in [-0.1, -0.05) is 17.7 Å². The van der Waals surface area contributed by atoms with Gasteiger partial charge in [-0.05, 0) is 69.2 Å². The van der Waals surface area contributed by atoms with E-state index in [0.717, 1.165) is 5.56 Å². The van der Waals surface area contributed by atoms with Crippen LogP contribution in [0.4, 0.5) is 10.5 Å². The number of anilines is 1. The van der Waals surface area contributed by atoms with Gasteiger partial charge in [-0.15, -0.1) is 11.3 Å². The molecule has 1 atom stereocenters. The number of H-pyrrole nitrogens is 1. The van der Waals surface area contributed by atoms with Gasteiger partial charge >= 0.3 is 6.09 Å². The second-order valence-corrected chi connectivity index (χ2v) is 11.8. The minimum atomic E-state index is -0.524. The lowest BCUT2D eigenvalue weighted by Gasteiger charge is -2.21. The molecule has 39 heavy (non-hydrogen) atoms. The number of hydrogen-bond donors (Lipinski definition) is 3. The molecule has 12 heteroatoms. The topological polar surface area (TPSA) is 130 Å². The highest BCUT2D eigenvalue weighted by atomic mass is 35.5. The second kappa shape index (κ2) is 11.5. The Hall–Kier alpha value is -3.83. The Balaban J connectivity index is 1.45. The van der Waals surface area contributed by atoms with Crippen LogP contribution in [-0.2, 0) is 9.53 Å². The molecule has 0 unspecified atom stereocenters. The molecule has 3 N–H and O–H groups in total. The summed E-state index contributed by atoms with van der Waals surface area (Å²) in [6, 6.07) is 10.3. The Morgan fingerprint density at radius 1 is 1.18 bits per heavy atom. The van der Waals surface area contributed by atoms with E-state index in [1.807, 2.05) is 33.8 Å². The van der Waals surface area contributed by atoms with Crippen LogP contribution < -0.4 is 25.8 Å². The summed E-state index contributed by atoms with van der Waals surface area (Å²) in [4.78, 5) is 54.2. The number of aromatic nitrogens is 1. The zero-order valence-corrected chi connectivity index (χ0v) is 23.5. The van der Waals surface area contributed by atoms with Crippen LogP contribution in [0, 0.1) is 6.92 Å². The fraction of sp³-hybridized carbons (Fsp3) is 0.333. The van der Waals surface area contributed by atoms with Crippen molar-refractivity contribution in [2.75, 3.05) is 24.6 Å². The molecule has 0 spiro atoms. The molecule has 1 aromatic carbocycles. The molecule has 3 aromatic rings. The number of pyridine rings is 1. The number of nitrogens with one attached hydrogen (secondary N) is 3. The first-order valence-corrected chi connectivity index (χ1v) is 13.4. The maximum Gasteiger partial charge on any atom is 0.414 e. The summed E-state index contributed by atoms with van der Waals surface area (Å²) in [5.74, 6) is -0.601. The average molecular weight is 573 g/mol. The number of cyclic esters (lactones) is 1. The van der Waals surface area contributed by atoms with Crippen molar-refractivity contribution in [1.82, 2.24) is 15.6 Å². The summed E-state index contributed by atoms with van der Waals surface area (Å²) in [6.45, 7) is 7.51. The van der Waals surface area contributed by atoms with Crippen molar-refractivity contribution < 1.29 is 23.9 Å². The van der Waals surface area contributed by atoms with E-state index in [1.165, 1.54) is 22.4 Å². The van der Waals surface area contributed by atoms with Gasteiger partial charge < -0.3 is 25.1 Å². The maximum absolute atomic E-state index is 12.6. The highest BCUT2D eigenvalue weighted by Crippen LogP contribution is 2.33. The van der Waals surface area contributed by atoms with Crippen LogP contribution in [0.3, 0.4) is 0 Å². The molecule has 0 radical (unpaired) electrons. The summed E-state index contributed by atoms with van der Waals surface area (Å²) < 4.78 is 11.6. The fourth-order valence-electron chi connectivity index (χ4n) is 4.10. The van der Waals surface area contributed by atoms with E-state index >= 15 is 0 Å². The minimum absolute atomic E-state index is 0.0285. The molecular formula is C27H29ClN4O6S. The highest BCUT2D eigenvalue weighted by Gasteiger charge is 2.33. The largest absolute Gasteiger partial charge is 0.477 e. The third-order valence-corrected chi connectivity index (χ3v) is 6.98. The van der Waals surface area contributed by atoms with E-state index in [4.69, 9.17) is 21.1 Å². The van der Waals surface area contributed by atoms with Crippen molar-refractivity contribution in [2.24, 2.45) is 0 Å². The van der Waals surface area contributed by atoms with E-state index in [2.05, 4.69) is 15.6 Å². The number of aromatic amines is 1. The van der Waals surface area contributed by atoms with Crippen molar-refractivity contribution in [3.05, 3.63) is 67.7 Å².